The summed E-state index contributed by atoms with van der Waals surface area (Å²) in [5.41, 5.74) is 11.1. The second-order valence-electron chi connectivity index (χ2n) is 5.70. The molecular weight excluding hydrogens is 296 g/mol. The summed E-state index contributed by atoms with van der Waals surface area (Å²) < 4.78 is 5.87. The van der Waals surface area contributed by atoms with E-state index in [-0.39, 0.29) is 0 Å². The van der Waals surface area contributed by atoms with Gasteiger partial charge in [0.2, 0.25) is 0 Å². The Morgan fingerprint density at radius 3 is 2.25 bits per heavy atom. The number of hydrogen-bond acceptors (Lipinski definition) is 3. The third-order valence-corrected chi connectivity index (χ3v) is 3.88. The molecule has 0 radical (unpaired) electrons. The van der Waals surface area contributed by atoms with Gasteiger partial charge in [0, 0.05) is 12.2 Å². The van der Waals surface area contributed by atoms with Crippen molar-refractivity contribution in [2.45, 2.75) is 20.1 Å². The molecule has 0 bridgehead atoms. The number of rotatable bonds is 7. The lowest BCUT2D eigenvalue weighted by molar-refractivity contribution is 0.305. The lowest BCUT2D eigenvalue weighted by Gasteiger charge is -2.10. The van der Waals surface area contributed by atoms with E-state index in [0.717, 1.165) is 18.0 Å². The number of hydrazine groups is 1. The first-order valence-electron chi connectivity index (χ1n) is 8.11. The van der Waals surface area contributed by atoms with Crippen LogP contribution in [-0.2, 0) is 13.2 Å². The number of nitrogens with one attached hydrogen (secondary N) is 2. The van der Waals surface area contributed by atoms with Crippen molar-refractivity contribution in [3.8, 4) is 5.75 Å². The fourth-order valence-electron chi connectivity index (χ4n) is 2.41. The van der Waals surface area contributed by atoms with Gasteiger partial charge in [-0.2, -0.15) is 0 Å². The molecule has 122 valence electrons. The maximum Gasteiger partial charge on any atom is 0.119 e. The van der Waals surface area contributed by atoms with Crippen molar-refractivity contribution >= 4 is 5.69 Å². The van der Waals surface area contributed by atoms with E-state index in [1.807, 2.05) is 54.6 Å². The average molecular weight is 318 g/mol. The Morgan fingerprint density at radius 2 is 1.50 bits per heavy atom. The first-order chi connectivity index (χ1) is 11.8. The molecule has 3 aromatic carbocycles. The molecule has 0 aliphatic carbocycles. The minimum atomic E-state index is 0.597. The highest BCUT2D eigenvalue weighted by atomic mass is 16.5. The summed E-state index contributed by atoms with van der Waals surface area (Å²) in [4.78, 5) is 0. The Bertz CT molecular complexity index is 754. The van der Waals surface area contributed by atoms with Crippen LogP contribution in [0.3, 0.4) is 0 Å². The predicted octanol–water partition coefficient (Wildman–Crippen LogP) is 4.69. The Balaban J connectivity index is 1.47. The number of hydrogen-bond donors (Lipinski definition) is 2. The zero-order valence-electron chi connectivity index (χ0n) is 13.8. The minimum Gasteiger partial charge on any atom is -0.489 e. The number of ether oxygens (including phenoxy) is 1. The second-order valence-corrected chi connectivity index (χ2v) is 5.70. The highest BCUT2D eigenvalue weighted by molar-refractivity contribution is 5.41. The van der Waals surface area contributed by atoms with Crippen LogP contribution in [0.15, 0.2) is 78.9 Å². The lowest BCUT2D eigenvalue weighted by Crippen LogP contribution is -2.20. The molecule has 0 saturated carbocycles. The van der Waals surface area contributed by atoms with Crippen LogP contribution in [-0.4, -0.2) is 0 Å². The summed E-state index contributed by atoms with van der Waals surface area (Å²) in [5, 5.41) is 0. The van der Waals surface area contributed by atoms with Gasteiger partial charge in [-0.05, 0) is 47.9 Å². The van der Waals surface area contributed by atoms with E-state index in [1.54, 1.807) is 0 Å². The minimum absolute atomic E-state index is 0.597. The van der Waals surface area contributed by atoms with E-state index in [0.29, 0.717) is 6.61 Å². The number of benzene rings is 3. The molecule has 0 saturated heterocycles. The molecule has 0 aliphatic heterocycles. The largest absolute Gasteiger partial charge is 0.489 e. The van der Waals surface area contributed by atoms with Crippen LogP contribution in [0.5, 0.6) is 5.75 Å². The summed E-state index contributed by atoms with van der Waals surface area (Å²) in [5.74, 6) is 0.887. The predicted molar refractivity (Wildman–Crippen MR) is 98.9 cm³/mol. The van der Waals surface area contributed by atoms with Gasteiger partial charge in [-0.15, -0.1) is 0 Å². The van der Waals surface area contributed by atoms with Crippen molar-refractivity contribution in [3.63, 3.8) is 0 Å². The number of aryl methyl sites for hydroxylation is 1. The lowest BCUT2D eigenvalue weighted by atomic mass is 10.1. The van der Waals surface area contributed by atoms with E-state index in [1.165, 1.54) is 16.7 Å². The van der Waals surface area contributed by atoms with Crippen LogP contribution in [0.25, 0.3) is 0 Å². The molecule has 0 heterocycles. The van der Waals surface area contributed by atoms with Crippen molar-refractivity contribution in [3.05, 3.63) is 95.6 Å². The van der Waals surface area contributed by atoms with Crippen molar-refractivity contribution in [1.82, 2.24) is 5.43 Å². The molecule has 2 N–H and O–H groups in total. The quantitative estimate of drug-likeness (QED) is 0.620. The molecule has 3 heteroatoms. The molecular formula is C21H22N2O. The normalized spacial score (nSPS) is 10.4. The summed E-state index contributed by atoms with van der Waals surface area (Å²) in [6.45, 7) is 3.44. The maximum atomic E-state index is 5.87. The number of anilines is 1. The molecule has 0 unspecified atom stereocenters. The van der Waals surface area contributed by atoms with Crippen LogP contribution in [0.2, 0.25) is 0 Å². The van der Waals surface area contributed by atoms with Crippen LogP contribution in [0.1, 0.15) is 16.7 Å². The standard InChI is InChI=1S/C21H22N2O/c1-17-7-5-6-8-19(17)16-24-21-13-11-18(12-14-21)15-22-23-20-9-3-2-4-10-20/h2-14,22-23H,15-16H2,1H3. The van der Waals surface area contributed by atoms with Crippen LogP contribution < -0.4 is 15.6 Å². The Labute approximate surface area is 143 Å². The van der Waals surface area contributed by atoms with Gasteiger partial charge in [-0.25, -0.2) is 5.43 Å². The molecule has 3 nitrogen and oxygen atoms in total. The molecule has 24 heavy (non-hydrogen) atoms. The first kappa shape index (κ1) is 16.1. The molecule has 0 amide bonds. The van der Waals surface area contributed by atoms with Crippen molar-refractivity contribution in [2.24, 2.45) is 0 Å². The molecule has 3 rings (SSSR count). The summed E-state index contributed by atoms with van der Waals surface area (Å²) in [6.07, 6.45) is 0. The Morgan fingerprint density at radius 1 is 0.792 bits per heavy atom. The van der Waals surface area contributed by atoms with Crippen molar-refractivity contribution in [1.29, 1.82) is 0 Å². The van der Waals surface area contributed by atoms with Gasteiger partial charge in [-0.3, -0.25) is 0 Å². The number of para-hydroxylation sites is 1. The average Bonchev–Trinajstić information content (AvgIpc) is 2.63. The zero-order valence-corrected chi connectivity index (χ0v) is 13.8. The highest BCUT2D eigenvalue weighted by Crippen LogP contribution is 2.16. The third kappa shape index (κ3) is 4.61. The van der Waals surface area contributed by atoms with Gasteiger partial charge in [-0.1, -0.05) is 54.6 Å². The molecule has 0 aromatic heterocycles. The third-order valence-electron chi connectivity index (χ3n) is 3.88. The smallest absolute Gasteiger partial charge is 0.119 e. The van der Waals surface area contributed by atoms with Gasteiger partial charge in [0.05, 0.1) is 0 Å². The highest BCUT2D eigenvalue weighted by Gasteiger charge is 2.00. The molecule has 3 aromatic rings. The van der Waals surface area contributed by atoms with Crippen molar-refractivity contribution in [2.75, 3.05) is 5.43 Å². The SMILES string of the molecule is Cc1ccccc1COc1ccc(CNNc2ccccc2)cc1. The van der Waals surface area contributed by atoms with E-state index in [9.17, 15) is 0 Å². The van der Waals surface area contributed by atoms with Gasteiger partial charge in [0.15, 0.2) is 0 Å². The zero-order chi connectivity index (χ0) is 16.6. The van der Waals surface area contributed by atoms with Crippen LogP contribution in [0, 0.1) is 6.92 Å². The van der Waals surface area contributed by atoms with Gasteiger partial charge < -0.3 is 10.2 Å². The molecule has 0 spiro atoms. The molecule has 0 aliphatic rings. The topological polar surface area (TPSA) is 33.3 Å². The van der Waals surface area contributed by atoms with E-state index in [2.05, 4.69) is 42.0 Å². The fraction of sp³-hybridized carbons (Fsp3) is 0.143. The Kier molecular flexibility index (Phi) is 5.48. The summed E-state index contributed by atoms with van der Waals surface area (Å²) in [7, 11) is 0. The maximum absolute atomic E-state index is 5.87. The fourth-order valence-corrected chi connectivity index (χ4v) is 2.41. The van der Waals surface area contributed by atoms with Gasteiger partial charge in [0.25, 0.3) is 0 Å². The summed E-state index contributed by atoms with van der Waals surface area (Å²) >= 11 is 0. The van der Waals surface area contributed by atoms with Crippen LogP contribution in [0.4, 0.5) is 5.69 Å². The van der Waals surface area contributed by atoms with E-state index < -0.39 is 0 Å². The van der Waals surface area contributed by atoms with E-state index >= 15 is 0 Å². The monoisotopic (exact) mass is 318 g/mol. The van der Waals surface area contributed by atoms with Crippen LogP contribution >= 0.6 is 0 Å². The van der Waals surface area contributed by atoms with E-state index in [4.69, 9.17) is 4.74 Å². The van der Waals surface area contributed by atoms with Gasteiger partial charge >= 0.3 is 0 Å². The second kappa shape index (κ2) is 8.18. The Hall–Kier alpha value is -2.78. The van der Waals surface area contributed by atoms with Crippen molar-refractivity contribution < 1.29 is 4.74 Å². The van der Waals surface area contributed by atoms with Gasteiger partial charge in [0.1, 0.15) is 12.4 Å². The first-order valence-corrected chi connectivity index (χ1v) is 8.11. The summed E-state index contributed by atoms with van der Waals surface area (Å²) in [6, 6.07) is 26.5. The molecule has 0 atom stereocenters. The molecule has 0 fully saturated rings.